The van der Waals surface area contributed by atoms with Gasteiger partial charge in [0.25, 0.3) is 0 Å². The molecule has 0 aliphatic carbocycles. The predicted molar refractivity (Wildman–Crippen MR) is 69.5 cm³/mol. The van der Waals surface area contributed by atoms with Gasteiger partial charge in [0, 0.05) is 26.0 Å². The lowest BCUT2D eigenvalue weighted by atomic mass is 10.3. The molecule has 0 saturated carbocycles. The smallest absolute Gasteiger partial charge is 0.158 e. The molecule has 0 fully saturated rings. The summed E-state index contributed by atoms with van der Waals surface area (Å²) in [6.07, 6.45) is 3.14. The van der Waals surface area contributed by atoms with Crippen LogP contribution in [0.3, 0.4) is 0 Å². The third-order valence-corrected chi connectivity index (χ3v) is 3.03. The van der Waals surface area contributed by atoms with Crippen LogP contribution < -0.4 is 10.6 Å². The SMILES string of the molecule is CN(Cc1ccsc1)c1nccnc1C(=N)N. The second-order valence-corrected chi connectivity index (χ2v) is 4.41. The van der Waals surface area contributed by atoms with Gasteiger partial charge in [-0.2, -0.15) is 11.3 Å². The fourth-order valence-electron chi connectivity index (χ4n) is 1.53. The highest BCUT2D eigenvalue weighted by molar-refractivity contribution is 7.07. The van der Waals surface area contributed by atoms with Gasteiger partial charge < -0.3 is 10.6 Å². The first kappa shape index (κ1) is 11.5. The van der Waals surface area contributed by atoms with Crippen molar-refractivity contribution in [1.29, 1.82) is 5.41 Å². The third kappa shape index (κ3) is 2.59. The maximum atomic E-state index is 7.47. The zero-order valence-corrected chi connectivity index (χ0v) is 10.2. The van der Waals surface area contributed by atoms with Crippen LogP contribution in [-0.2, 0) is 6.54 Å². The van der Waals surface area contributed by atoms with Crippen LogP contribution in [0.1, 0.15) is 11.3 Å². The van der Waals surface area contributed by atoms with E-state index in [1.54, 1.807) is 23.7 Å². The topological polar surface area (TPSA) is 78.9 Å². The Hall–Kier alpha value is -1.95. The molecule has 0 aromatic carbocycles. The first-order valence-electron chi connectivity index (χ1n) is 5.06. The Bertz CT molecular complexity index is 508. The molecule has 0 aliphatic heterocycles. The van der Waals surface area contributed by atoms with Crippen LogP contribution in [0.15, 0.2) is 29.2 Å². The molecule has 3 N–H and O–H groups in total. The molecule has 0 aliphatic rings. The number of nitrogens with two attached hydrogens (primary N) is 1. The minimum atomic E-state index is -0.0646. The number of amidine groups is 1. The molecule has 2 rings (SSSR count). The second-order valence-electron chi connectivity index (χ2n) is 3.63. The normalized spacial score (nSPS) is 10.2. The first-order chi connectivity index (χ1) is 8.18. The van der Waals surface area contributed by atoms with Gasteiger partial charge in [0.15, 0.2) is 5.82 Å². The van der Waals surface area contributed by atoms with E-state index in [2.05, 4.69) is 21.4 Å². The van der Waals surface area contributed by atoms with E-state index >= 15 is 0 Å². The van der Waals surface area contributed by atoms with Gasteiger partial charge in [-0.1, -0.05) is 0 Å². The quantitative estimate of drug-likeness (QED) is 0.633. The Balaban J connectivity index is 2.24. The molecular formula is C11H13N5S. The Kier molecular flexibility index (Phi) is 3.34. The van der Waals surface area contributed by atoms with E-state index in [-0.39, 0.29) is 5.84 Å². The highest BCUT2D eigenvalue weighted by Crippen LogP contribution is 2.16. The molecule has 88 valence electrons. The summed E-state index contributed by atoms with van der Waals surface area (Å²) in [6, 6.07) is 2.06. The van der Waals surface area contributed by atoms with Crippen molar-refractivity contribution >= 4 is 23.0 Å². The molecule has 5 nitrogen and oxygen atoms in total. The molecule has 6 heteroatoms. The van der Waals surface area contributed by atoms with Crippen molar-refractivity contribution in [2.75, 3.05) is 11.9 Å². The van der Waals surface area contributed by atoms with Crippen LogP contribution >= 0.6 is 11.3 Å². The van der Waals surface area contributed by atoms with E-state index in [1.807, 2.05) is 17.3 Å². The Morgan fingerprint density at radius 3 is 2.88 bits per heavy atom. The zero-order valence-electron chi connectivity index (χ0n) is 9.42. The lowest BCUT2D eigenvalue weighted by molar-refractivity contribution is 0.889. The van der Waals surface area contributed by atoms with E-state index in [9.17, 15) is 0 Å². The van der Waals surface area contributed by atoms with E-state index in [0.717, 1.165) is 6.54 Å². The van der Waals surface area contributed by atoms with Crippen LogP contribution in [0.25, 0.3) is 0 Å². The Labute approximate surface area is 103 Å². The van der Waals surface area contributed by atoms with Gasteiger partial charge in [0.1, 0.15) is 11.5 Å². The number of rotatable bonds is 4. The van der Waals surface area contributed by atoms with Crippen molar-refractivity contribution < 1.29 is 0 Å². The molecular weight excluding hydrogens is 234 g/mol. The highest BCUT2D eigenvalue weighted by atomic mass is 32.1. The fraction of sp³-hybridized carbons (Fsp3) is 0.182. The van der Waals surface area contributed by atoms with Crippen LogP contribution in [-0.4, -0.2) is 22.9 Å². The number of aromatic nitrogens is 2. The van der Waals surface area contributed by atoms with Gasteiger partial charge in [-0.25, -0.2) is 9.97 Å². The van der Waals surface area contributed by atoms with Crippen LogP contribution in [0.2, 0.25) is 0 Å². The molecule has 2 aromatic rings. The Morgan fingerprint density at radius 1 is 1.47 bits per heavy atom. The Morgan fingerprint density at radius 2 is 2.24 bits per heavy atom. The largest absolute Gasteiger partial charge is 0.382 e. The predicted octanol–water partition coefficient (Wildman–Crippen LogP) is 1.46. The first-order valence-corrected chi connectivity index (χ1v) is 6.00. The number of thiophene rings is 1. The molecule has 0 saturated heterocycles. The molecule has 0 atom stereocenters. The van der Waals surface area contributed by atoms with Crippen molar-refractivity contribution in [3.63, 3.8) is 0 Å². The maximum absolute atomic E-state index is 7.47. The summed E-state index contributed by atoms with van der Waals surface area (Å²) in [4.78, 5) is 10.2. The van der Waals surface area contributed by atoms with Crippen molar-refractivity contribution in [2.45, 2.75) is 6.54 Å². The lowest BCUT2D eigenvalue weighted by Crippen LogP contribution is -2.24. The second kappa shape index (κ2) is 4.92. The minimum Gasteiger partial charge on any atom is -0.382 e. The van der Waals surface area contributed by atoms with E-state index in [4.69, 9.17) is 11.1 Å². The van der Waals surface area contributed by atoms with E-state index in [1.165, 1.54) is 5.56 Å². The third-order valence-electron chi connectivity index (χ3n) is 2.30. The summed E-state index contributed by atoms with van der Waals surface area (Å²) < 4.78 is 0. The number of nitrogens with one attached hydrogen (secondary N) is 1. The average molecular weight is 247 g/mol. The van der Waals surface area contributed by atoms with Gasteiger partial charge in [-0.15, -0.1) is 0 Å². The van der Waals surface area contributed by atoms with Crippen LogP contribution in [0.5, 0.6) is 0 Å². The molecule has 17 heavy (non-hydrogen) atoms. The summed E-state index contributed by atoms with van der Waals surface area (Å²) in [5.74, 6) is 0.566. The van der Waals surface area contributed by atoms with Gasteiger partial charge >= 0.3 is 0 Å². The van der Waals surface area contributed by atoms with Crippen LogP contribution in [0.4, 0.5) is 5.82 Å². The number of hydrogen-bond acceptors (Lipinski definition) is 5. The van der Waals surface area contributed by atoms with Crippen molar-refractivity contribution in [3.8, 4) is 0 Å². The maximum Gasteiger partial charge on any atom is 0.158 e. The van der Waals surface area contributed by atoms with Gasteiger partial charge in [0.05, 0.1) is 0 Å². The average Bonchev–Trinajstić information content (AvgIpc) is 2.81. The minimum absolute atomic E-state index is 0.0646. The molecule has 0 bridgehead atoms. The van der Waals surface area contributed by atoms with Gasteiger partial charge in [-0.3, -0.25) is 5.41 Å². The summed E-state index contributed by atoms with van der Waals surface area (Å²) in [6.45, 7) is 0.725. The number of nitrogens with zero attached hydrogens (tertiary/aromatic N) is 3. The fourth-order valence-corrected chi connectivity index (χ4v) is 2.19. The van der Waals surface area contributed by atoms with E-state index in [0.29, 0.717) is 11.5 Å². The van der Waals surface area contributed by atoms with Crippen LogP contribution in [0, 0.1) is 5.41 Å². The van der Waals surface area contributed by atoms with Gasteiger partial charge in [-0.05, 0) is 22.4 Å². The monoisotopic (exact) mass is 247 g/mol. The standard InChI is InChI=1S/C11H13N5S/c1-16(6-8-2-5-17-7-8)11-9(10(12)13)14-3-4-15-11/h2-5,7H,6H2,1H3,(H3,12,13). The molecule has 0 unspecified atom stereocenters. The van der Waals surface area contributed by atoms with Crippen molar-refractivity contribution in [2.24, 2.45) is 5.73 Å². The van der Waals surface area contributed by atoms with Crippen molar-refractivity contribution in [3.05, 3.63) is 40.5 Å². The van der Waals surface area contributed by atoms with E-state index < -0.39 is 0 Å². The van der Waals surface area contributed by atoms with Gasteiger partial charge in [0.2, 0.25) is 0 Å². The molecule has 0 amide bonds. The molecule has 2 aromatic heterocycles. The number of hydrogen-bond donors (Lipinski definition) is 2. The summed E-state index contributed by atoms with van der Waals surface area (Å²) in [7, 11) is 1.91. The lowest BCUT2D eigenvalue weighted by Gasteiger charge is -2.19. The zero-order chi connectivity index (χ0) is 12.3. The van der Waals surface area contributed by atoms with Crippen molar-refractivity contribution in [1.82, 2.24) is 9.97 Å². The summed E-state index contributed by atoms with van der Waals surface area (Å²) in [5.41, 5.74) is 7.11. The summed E-state index contributed by atoms with van der Waals surface area (Å²) in [5, 5.41) is 11.6. The highest BCUT2D eigenvalue weighted by Gasteiger charge is 2.12. The number of anilines is 1. The molecule has 2 heterocycles. The summed E-state index contributed by atoms with van der Waals surface area (Å²) >= 11 is 1.66. The molecule has 0 radical (unpaired) electrons. The molecule has 0 spiro atoms. The number of nitrogen functional groups attached to an aromatic ring is 1.